The first kappa shape index (κ1) is 19.7. The minimum absolute atomic E-state index is 0.139. The molecule has 1 saturated heterocycles. The number of ether oxygens (including phenoxy) is 1. The number of fused-ring (bicyclic) bond motifs is 1. The van der Waals surface area contributed by atoms with E-state index in [1.54, 1.807) is 17.2 Å². The monoisotopic (exact) mass is 414 g/mol. The number of aromatic nitrogens is 2. The second-order valence-corrected chi connectivity index (χ2v) is 7.68. The van der Waals surface area contributed by atoms with Crippen molar-refractivity contribution in [2.45, 2.75) is 44.9 Å². The second kappa shape index (κ2) is 8.84. The summed E-state index contributed by atoms with van der Waals surface area (Å²) in [5, 5.41) is 11.9. The lowest BCUT2D eigenvalue weighted by molar-refractivity contribution is 0.0903. The van der Waals surface area contributed by atoms with E-state index in [1.165, 1.54) is 0 Å². The van der Waals surface area contributed by atoms with Crippen LogP contribution < -0.4 is 5.32 Å². The Morgan fingerprint density at radius 3 is 3.00 bits per heavy atom. The molecule has 0 radical (unpaired) electrons. The smallest absolute Gasteiger partial charge is 0.362 e. The standard InChI is InChI=1S/C20H23ClN6O2/c1-13-17-11-22-19(24-16-5-7-29-8-6-16)25-18(17)12-27(13)20(28)26-23-10-14-3-2-4-15(21)9-14/h2-4,9,11,13,16H,5-8,10,12H2,1H3,(H,22,24,25). The maximum absolute atomic E-state index is 12.5. The van der Waals surface area contributed by atoms with Crippen molar-refractivity contribution in [2.75, 3.05) is 18.5 Å². The van der Waals surface area contributed by atoms with E-state index in [2.05, 4.69) is 25.5 Å². The van der Waals surface area contributed by atoms with Crippen LogP contribution in [0.15, 0.2) is 40.7 Å². The predicted molar refractivity (Wildman–Crippen MR) is 109 cm³/mol. The number of amides is 2. The van der Waals surface area contributed by atoms with Crippen LogP contribution in [0.3, 0.4) is 0 Å². The molecular weight excluding hydrogens is 392 g/mol. The summed E-state index contributed by atoms with van der Waals surface area (Å²) in [5.41, 5.74) is 2.70. The molecule has 152 valence electrons. The van der Waals surface area contributed by atoms with Gasteiger partial charge in [-0.3, -0.25) is 0 Å². The lowest BCUT2D eigenvalue weighted by atomic mass is 10.1. The second-order valence-electron chi connectivity index (χ2n) is 7.24. The molecule has 1 N–H and O–H groups in total. The molecule has 0 saturated carbocycles. The number of nitrogens with zero attached hydrogens (tertiary/aromatic N) is 5. The highest BCUT2D eigenvalue weighted by Gasteiger charge is 2.32. The molecule has 1 atom stereocenters. The molecule has 4 rings (SSSR count). The van der Waals surface area contributed by atoms with Gasteiger partial charge in [0, 0.05) is 36.0 Å². The summed E-state index contributed by atoms with van der Waals surface area (Å²) >= 11 is 5.96. The van der Waals surface area contributed by atoms with Gasteiger partial charge >= 0.3 is 6.03 Å². The molecule has 8 nitrogen and oxygen atoms in total. The van der Waals surface area contributed by atoms with Gasteiger partial charge in [0.2, 0.25) is 5.95 Å². The van der Waals surface area contributed by atoms with Crippen LogP contribution in [-0.2, 0) is 17.8 Å². The number of carbonyl (C=O) groups is 1. The predicted octanol–water partition coefficient (Wildman–Crippen LogP) is 4.37. The molecule has 0 aliphatic carbocycles. The summed E-state index contributed by atoms with van der Waals surface area (Å²) in [5.74, 6) is 0.597. The Labute approximate surface area is 174 Å². The van der Waals surface area contributed by atoms with Gasteiger partial charge in [-0.05, 0) is 37.5 Å². The molecule has 2 aliphatic heterocycles. The highest BCUT2D eigenvalue weighted by molar-refractivity contribution is 6.30. The van der Waals surface area contributed by atoms with Crippen LogP contribution >= 0.6 is 11.6 Å². The van der Waals surface area contributed by atoms with Gasteiger partial charge in [-0.15, -0.1) is 0 Å². The fourth-order valence-electron chi connectivity index (χ4n) is 3.57. The van der Waals surface area contributed by atoms with Crippen molar-refractivity contribution >= 4 is 23.6 Å². The Hall–Kier alpha value is -2.58. The molecule has 2 amide bonds. The zero-order valence-electron chi connectivity index (χ0n) is 16.2. The number of benzene rings is 1. The summed E-state index contributed by atoms with van der Waals surface area (Å²) in [6.45, 7) is 4.16. The quantitative estimate of drug-likeness (QED) is 0.750. The Balaban J connectivity index is 1.38. The average Bonchev–Trinajstić information content (AvgIpc) is 3.05. The number of halogens is 1. The zero-order valence-corrected chi connectivity index (χ0v) is 17.0. The highest BCUT2D eigenvalue weighted by atomic mass is 35.5. The number of hydrogen-bond donors (Lipinski definition) is 1. The van der Waals surface area contributed by atoms with Gasteiger partial charge in [-0.1, -0.05) is 28.8 Å². The van der Waals surface area contributed by atoms with Gasteiger partial charge in [0.1, 0.15) is 0 Å². The maximum atomic E-state index is 12.5. The molecule has 1 fully saturated rings. The summed E-state index contributed by atoms with van der Waals surface area (Å²) in [6.07, 6.45) is 3.67. The first-order valence-electron chi connectivity index (χ1n) is 9.73. The first-order valence-corrected chi connectivity index (χ1v) is 10.1. The van der Waals surface area contributed by atoms with E-state index in [0.717, 1.165) is 42.9 Å². The van der Waals surface area contributed by atoms with Gasteiger partial charge in [0.15, 0.2) is 0 Å². The summed E-state index contributed by atoms with van der Waals surface area (Å²) < 4.78 is 5.38. The Morgan fingerprint density at radius 1 is 1.38 bits per heavy atom. The van der Waals surface area contributed by atoms with E-state index in [4.69, 9.17) is 16.3 Å². The number of carbonyl (C=O) groups excluding carboxylic acids is 1. The molecular formula is C20H23ClN6O2. The van der Waals surface area contributed by atoms with Crippen LogP contribution in [0.2, 0.25) is 5.02 Å². The van der Waals surface area contributed by atoms with Gasteiger partial charge in [0.05, 0.1) is 24.8 Å². The van der Waals surface area contributed by atoms with Crippen molar-refractivity contribution in [1.29, 1.82) is 0 Å². The number of hydrogen-bond acceptors (Lipinski definition) is 6. The van der Waals surface area contributed by atoms with E-state index in [0.29, 0.717) is 30.1 Å². The lowest BCUT2D eigenvalue weighted by Crippen LogP contribution is -2.28. The highest BCUT2D eigenvalue weighted by Crippen LogP contribution is 2.33. The van der Waals surface area contributed by atoms with Crippen molar-refractivity contribution < 1.29 is 9.53 Å². The third kappa shape index (κ3) is 4.71. The van der Waals surface area contributed by atoms with Gasteiger partial charge in [-0.2, -0.15) is 5.11 Å². The first-order chi connectivity index (χ1) is 14.1. The van der Waals surface area contributed by atoms with Gasteiger partial charge in [0.25, 0.3) is 0 Å². The van der Waals surface area contributed by atoms with Crippen LogP contribution in [0.1, 0.15) is 42.6 Å². The largest absolute Gasteiger partial charge is 0.381 e. The average molecular weight is 415 g/mol. The Morgan fingerprint density at radius 2 is 2.21 bits per heavy atom. The molecule has 0 bridgehead atoms. The van der Waals surface area contributed by atoms with Crippen LogP contribution in [0.25, 0.3) is 0 Å². The number of urea groups is 1. The van der Waals surface area contributed by atoms with Crippen molar-refractivity contribution in [3.8, 4) is 0 Å². The third-order valence-electron chi connectivity index (χ3n) is 5.24. The Bertz CT molecular complexity index is 916. The number of azo groups is 1. The van der Waals surface area contributed by atoms with Crippen LogP contribution in [-0.4, -0.2) is 40.2 Å². The minimum Gasteiger partial charge on any atom is -0.381 e. The van der Waals surface area contributed by atoms with Crippen LogP contribution in [0.5, 0.6) is 0 Å². The Kier molecular flexibility index (Phi) is 6.01. The van der Waals surface area contributed by atoms with Gasteiger partial charge in [-0.25, -0.2) is 14.8 Å². The summed E-state index contributed by atoms with van der Waals surface area (Å²) in [7, 11) is 0. The molecule has 1 aromatic heterocycles. The van der Waals surface area contributed by atoms with E-state index in [9.17, 15) is 4.79 Å². The van der Waals surface area contributed by atoms with Gasteiger partial charge < -0.3 is 15.0 Å². The van der Waals surface area contributed by atoms with E-state index in [-0.39, 0.29) is 12.1 Å². The van der Waals surface area contributed by atoms with E-state index in [1.807, 2.05) is 25.1 Å². The molecule has 0 spiro atoms. The molecule has 1 unspecified atom stereocenters. The zero-order chi connectivity index (χ0) is 20.2. The molecule has 9 heteroatoms. The topological polar surface area (TPSA) is 92.1 Å². The lowest BCUT2D eigenvalue weighted by Gasteiger charge is -2.23. The summed E-state index contributed by atoms with van der Waals surface area (Å²) in [6, 6.07) is 7.14. The fourth-order valence-corrected chi connectivity index (χ4v) is 3.78. The number of nitrogens with one attached hydrogen (secondary N) is 1. The van der Waals surface area contributed by atoms with E-state index >= 15 is 0 Å². The van der Waals surface area contributed by atoms with Crippen molar-refractivity contribution in [2.24, 2.45) is 10.2 Å². The van der Waals surface area contributed by atoms with Crippen molar-refractivity contribution in [1.82, 2.24) is 14.9 Å². The van der Waals surface area contributed by atoms with E-state index < -0.39 is 0 Å². The fraction of sp³-hybridized carbons (Fsp3) is 0.450. The molecule has 29 heavy (non-hydrogen) atoms. The maximum Gasteiger partial charge on any atom is 0.362 e. The normalized spacial score (nSPS) is 19.5. The minimum atomic E-state index is -0.378. The number of anilines is 1. The molecule has 1 aromatic carbocycles. The van der Waals surface area contributed by atoms with Crippen molar-refractivity contribution in [3.63, 3.8) is 0 Å². The van der Waals surface area contributed by atoms with Crippen molar-refractivity contribution in [3.05, 3.63) is 52.3 Å². The van der Waals surface area contributed by atoms with Crippen LogP contribution in [0, 0.1) is 0 Å². The molecule has 3 heterocycles. The molecule has 2 aliphatic rings. The SMILES string of the molecule is CC1c2cnc(NC3CCOCC3)nc2CN1C(=O)N=NCc1cccc(Cl)c1. The van der Waals surface area contributed by atoms with Crippen LogP contribution in [0.4, 0.5) is 10.7 Å². The third-order valence-corrected chi connectivity index (χ3v) is 5.47. The number of rotatable bonds is 4. The summed E-state index contributed by atoms with van der Waals surface area (Å²) in [4.78, 5) is 23.3. The molecule has 2 aromatic rings.